The molecule has 0 amide bonds. The molecule has 3 nitrogen and oxygen atoms in total. The summed E-state index contributed by atoms with van der Waals surface area (Å²) in [7, 11) is 3.66. The van der Waals surface area contributed by atoms with Gasteiger partial charge in [0.1, 0.15) is 11.6 Å². The number of methoxy groups -OCH3 is 1. The third kappa shape index (κ3) is 1.87. The van der Waals surface area contributed by atoms with Gasteiger partial charge in [0, 0.05) is 25.9 Å². The lowest BCUT2D eigenvalue weighted by Crippen LogP contribution is -2.16. The first kappa shape index (κ1) is 8.84. The molecular weight excluding hydrogens is 152 g/mol. The third-order valence-electron chi connectivity index (χ3n) is 1.82. The number of hydrogen-bond donors (Lipinski definition) is 0. The molecule has 0 radical (unpaired) electrons. The van der Waals surface area contributed by atoms with Crippen LogP contribution in [0.5, 0.6) is 5.75 Å². The molecule has 0 spiro atoms. The second-order valence-electron chi connectivity index (χ2n) is 2.57. The Bertz CT molecular complexity index is 250. The molecule has 1 heterocycles. The summed E-state index contributed by atoms with van der Waals surface area (Å²) in [5.74, 6) is 1.79. The highest BCUT2D eigenvalue weighted by Gasteiger charge is 1.99. The predicted octanol–water partition coefficient (Wildman–Crippen LogP) is 1.55. The molecule has 0 atom stereocenters. The predicted molar refractivity (Wildman–Crippen MR) is 49.7 cm³/mol. The van der Waals surface area contributed by atoms with Crippen LogP contribution >= 0.6 is 0 Å². The van der Waals surface area contributed by atoms with Crippen LogP contribution in [0.4, 0.5) is 5.82 Å². The summed E-state index contributed by atoms with van der Waals surface area (Å²) in [6.45, 7) is 3.03. The zero-order chi connectivity index (χ0) is 8.97. The van der Waals surface area contributed by atoms with Crippen molar-refractivity contribution >= 4 is 5.82 Å². The van der Waals surface area contributed by atoms with Gasteiger partial charge in [-0.3, -0.25) is 0 Å². The lowest BCUT2D eigenvalue weighted by atomic mass is 10.4. The van der Waals surface area contributed by atoms with Gasteiger partial charge in [-0.25, -0.2) is 4.98 Å². The first-order chi connectivity index (χ1) is 5.77. The molecule has 12 heavy (non-hydrogen) atoms. The highest BCUT2D eigenvalue weighted by atomic mass is 16.5. The Kier molecular flexibility index (Phi) is 2.91. The zero-order valence-electron chi connectivity index (χ0n) is 7.74. The zero-order valence-corrected chi connectivity index (χ0v) is 7.74. The summed E-state index contributed by atoms with van der Waals surface area (Å²) >= 11 is 0. The van der Waals surface area contributed by atoms with Gasteiger partial charge >= 0.3 is 0 Å². The van der Waals surface area contributed by atoms with Crippen LogP contribution in [0, 0.1) is 0 Å². The normalized spacial score (nSPS) is 9.58. The van der Waals surface area contributed by atoms with Crippen LogP contribution in [-0.4, -0.2) is 25.7 Å². The molecular formula is C9H14N2O. The van der Waals surface area contributed by atoms with E-state index in [0.29, 0.717) is 0 Å². The van der Waals surface area contributed by atoms with E-state index in [4.69, 9.17) is 4.74 Å². The van der Waals surface area contributed by atoms with Gasteiger partial charge in [0.15, 0.2) is 0 Å². The van der Waals surface area contributed by atoms with E-state index in [1.54, 1.807) is 13.3 Å². The Hall–Kier alpha value is -1.25. The molecule has 0 saturated carbocycles. The molecule has 66 valence electrons. The highest BCUT2D eigenvalue weighted by molar-refractivity contribution is 5.42. The van der Waals surface area contributed by atoms with Gasteiger partial charge < -0.3 is 9.64 Å². The Balaban J connectivity index is 2.86. The first-order valence-electron chi connectivity index (χ1n) is 3.99. The summed E-state index contributed by atoms with van der Waals surface area (Å²) < 4.78 is 5.08. The summed E-state index contributed by atoms with van der Waals surface area (Å²) in [5, 5.41) is 0. The summed E-state index contributed by atoms with van der Waals surface area (Å²) in [4.78, 5) is 6.26. The minimum Gasteiger partial charge on any atom is -0.497 e. The number of pyridine rings is 1. The fraction of sp³-hybridized carbons (Fsp3) is 0.444. The molecule has 0 unspecified atom stereocenters. The molecule has 1 aromatic heterocycles. The summed E-state index contributed by atoms with van der Waals surface area (Å²) in [6, 6.07) is 3.76. The summed E-state index contributed by atoms with van der Waals surface area (Å²) in [5.41, 5.74) is 0. The van der Waals surface area contributed by atoms with Gasteiger partial charge in [0.2, 0.25) is 0 Å². The maximum atomic E-state index is 5.08. The quantitative estimate of drug-likeness (QED) is 0.681. The Morgan fingerprint density at radius 3 is 2.92 bits per heavy atom. The Labute approximate surface area is 73.0 Å². The van der Waals surface area contributed by atoms with Gasteiger partial charge in [-0.1, -0.05) is 0 Å². The fourth-order valence-corrected chi connectivity index (χ4v) is 0.897. The van der Waals surface area contributed by atoms with Crippen LogP contribution in [0.2, 0.25) is 0 Å². The maximum absolute atomic E-state index is 5.08. The number of nitrogens with zero attached hydrogens (tertiary/aromatic N) is 2. The van der Waals surface area contributed by atoms with Crippen molar-refractivity contribution in [3.05, 3.63) is 18.3 Å². The van der Waals surface area contributed by atoms with Crippen molar-refractivity contribution in [2.24, 2.45) is 0 Å². The van der Waals surface area contributed by atoms with Crippen molar-refractivity contribution in [2.45, 2.75) is 6.92 Å². The Morgan fingerprint density at radius 1 is 1.58 bits per heavy atom. The monoisotopic (exact) mass is 166 g/mol. The largest absolute Gasteiger partial charge is 0.497 e. The molecule has 0 N–H and O–H groups in total. The van der Waals surface area contributed by atoms with E-state index in [-0.39, 0.29) is 0 Å². The lowest BCUT2D eigenvalue weighted by molar-refractivity contribution is 0.414. The second kappa shape index (κ2) is 3.95. The van der Waals surface area contributed by atoms with Gasteiger partial charge in [-0.05, 0) is 13.0 Å². The minimum absolute atomic E-state index is 0.848. The van der Waals surface area contributed by atoms with E-state index in [9.17, 15) is 0 Å². The van der Waals surface area contributed by atoms with E-state index in [1.165, 1.54) is 0 Å². The van der Waals surface area contributed by atoms with E-state index in [1.807, 2.05) is 19.2 Å². The SMILES string of the molecule is CCN(C)c1cc(OC)ccn1. The number of aromatic nitrogens is 1. The second-order valence-corrected chi connectivity index (χ2v) is 2.57. The lowest BCUT2D eigenvalue weighted by Gasteiger charge is -2.15. The maximum Gasteiger partial charge on any atom is 0.131 e. The minimum atomic E-state index is 0.848. The molecule has 0 fully saturated rings. The molecule has 0 aromatic carbocycles. The van der Waals surface area contributed by atoms with E-state index in [0.717, 1.165) is 18.1 Å². The third-order valence-corrected chi connectivity index (χ3v) is 1.82. The van der Waals surface area contributed by atoms with E-state index in [2.05, 4.69) is 16.8 Å². The number of hydrogen-bond acceptors (Lipinski definition) is 3. The van der Waals surface area contributed by atoms with Gasteiger partial charge in [-0.2, -0.15) is 0 Å². The molecule has 0 saturated heterocycles. The van der Waals surface area contributed by atoms with E-state index < -0.39 is 0 Å². The van der Waals surface area contributed by atoms with Crippen LogP contribution < -0.4 is 9.64 Å². The standard InChI is InChI=1S/C9H14N2O/c1-4-11(2)9-7-8(12-3)5-6-10-9/h5-7H,4H2,1-3H3. The van der Waals surface area contributed by atoms with Gasteiger partial charge in [0.05, 0.1) is 7.11 Å². The Morgan fingerprint density at radius 2 is 2.33 bits per heavy atom. The first-order valence-corrected chi connectivity index (χ1v) is 3.99. The molecule has 3 heteroatoms. The fourth-order valence-electron chi connectivity index (χ4n) is 0.897. The van der Waals surface area contributed by atoms with Crippen molar-refractivity contribution in [3.63, 3.8) is 0 Å². The van der Waals surface area contributed by atoms with Crippen molar-refractivity contribution in [1.29, 1.82) is 0 Å². The molecule has 0 aliphatic carbocycles. The van der Waals surface area contributed by atoms with Crippen LogP contribution in [0.15, 0.2) is 18.3 Å². The topological polar surface area (TPSA) is 25.4 Å². The average Bonchev–Trinajstić information content (AvgIpc) is 2.17. The average molecular weight is 166 g/mol. The van der Waals surface area contributed by atoms with Crippen LogP contribution in [0.1, 0.15) is 6.92 Å². The molecule has 0 bridgehead atoms. The molecule has 1 aromatic rings. The molecule has 0 aliphatic rings. The number of anilines is 1. The van der Waals surface area contributed by atoms with Crippen molar-refractivity contribution in [2.75, 3.05) is 25.6 Å². The van der Waals surface area contributed by atoms with Crippen molar-refractivity contribution in [1.82, 2.24) is 4.98 Å². The van der Waals surface area contributed by atoms with Crippen LogP contribution in [0.25, 0.3) is 0 Å². The van der Waals surface area contributed by atoms with E-state index >= 15 is 0 Å². The number of ether oxygens (including phenoxy) is 1. The van der Waals surface area contributed by atoms with Crippen molar-refractivity contribution in [3.8, 4) is 5.75 Å². The highest BCUT2D eigenvalue weighted by Crippen LogP contribution is 2.15. The number of rotatable bonds is 3. The van der Waals surface area contributed by atoms with Crippen LogP contribution in [0.3, 0.4) is 0 Å². The molecule has 1 rings (SSSR count). The van der Waals surface area contributed by atoms with Gasteiger partial charge in [-0.15, -0.1) is 0 Å². The van der Waals surface area contributed by atoms with Gasteiger partial charge in [0.25, 0.3) is 0 Å². The molecule has 0 aliphatic heterocycles. The summed E-state index contributed by atoms with van der Waals surface area (Å²) in [6.07, 6.45) is 1.75. The smallest absolute Gasteiger partial charge is 0.131 e. The van der Waals surface area contributed by atoms with Crippen molar-refractivity contribution < 1.29 is 4.74 Å². The van der Waals surface area contributed by atoms with Crippen LogP contribution in [-0.2, 0) is 0 Å².